The minimum absolute atomic E-state index is 0.0661. The summed E-state index contributed by atoms with van der Waals surface area (Å²) in [5.41, 5.74) is 0. The van der Waals surface area contributed by atoms with Gasteiger partial charge in [0.25, 0.3) is 0 Å². The molecule has 0 saturated carbocycles. The van der Waals surface area contributed by atoms with Gasteiger partial charge in [-0.1, -0.05) is 202 Å². The zero-order valence-electron chi connectivity index (χ0n) is 35.8. The predicted molar refractivity (Wildman–Crippen MR) is 276 cm³/mol. The van der Waals surface area contributed by atoms with Gasteiger partial charge < -0.3 is 19.6 Å². The van der Waals surface area contributed by atoms with Gasteiger partial charge >= 0.3 is 15.2 Å². The summed E-state index contributed by atoms with van der Waals surface area (Å²) in [6, 6.07) is 0. The predicted octanol–water partition coefficient (Wildman–Crippen LogP) is 17.6. The highest BCUT2D eigenvalue weighted by atomic mass is 32.3. The summed E-state index contributed by atoms with van der Waals surface area (Å²) in [6.07, 6.45) is 35.3. The van der Waals surface area contributed by atoms with Crippen molar-refractivity contribution in [2.75, 3.05) is 35.3 Å². The summed E-state index contributed by atoms with van der Waals surface area (Å²) in [4.78, 5) is 37.1. The topological polar surface area (TPSA) is 115 Å². The Morgan fingerprint density at radius 2 is 0.552 bits per heavy atom. The first-order valence-electron chi connectivity index (χ1n) is 22.6. The Kier molecular flexibility index (Phi) is 35.6. The van der Waals surface area contributed by atoms with E-state index in [9.17, 15) is 28.7 Å². The van der Waals surface area contributed by atoms with Crippen LogP contribution in [0, 0.1) is 0 Å². The zero-order chi connectivity index (χ0) is 42.2. The molecule has 0 aromatic carbocycles. The molecule has 2 rings (SSSR count). The van der Waals surface area contributed by atoms with E-state index in [1.165, 1.54) is 191 Å². The first-order valence-corrected chi connectivity index (χ1v) is 33.4. The quantitative estimate of drug-likeness (QED) is 0.0345. The molecule has 340 valence electrons. The van der Waals surface area contributed by atoms with Crippen molar-refractivity contribution in [3.8, 4) is 0 Å². The summed E-state index contributed by atoms with van der Waals surface area (Å²) >= 11 is 15.3. The fourth-order valence-electron chi connectivity index (χ4n) is 6.45. The van der Waals surface area contributed by atoms with Crippen molar-refractivity contribution >= 4 is 109 Å². The summed E-state index contributed by atoms with van der Waals surface area (Å²) in [5.74, 6) is 3.98. The van der Waals surface area contributed by atoms with Crippen LogP contribution in [-0.2, 0) is 9.13 Å². The molecule has 0 amide bonds. The lowest BCUT2D eigenvalue weighted by molar-refractivity contribution is 0.369. The lowest BCUT2D eigenvalue weighted by Crippen LogP contribution is -1.90. The fraction of sp³-hybridized carbons (Fsp3) is 0.857. The lowest BCUT2D eigenvalue weighted by atomic mass is 10.1. The molecular formula is C42H78O6P2S8. The standard InChI is InChI=1S/C42H78O6P2S8/c1-3-5-7-9-11-13-15-17-19-21-23-27-33-51-37-38(52-34-28-24-22-20-18-16-14-12-10-8-6-4-2)56-41(55-37)42-57-39(53-35-29-25-31-49(43,44)45)40(58-42)54-36-30-26-32-50(46,47)48/h3-36H2,1-2H3,(H2,43,44,45)(H2,46,47,48). The maximum Gasteiger partial charge on any atom is 0.325 e. The molecule has 0 aromatic rings. The molecule has 0 aromatic heterocycles. The van der Waals surface area contributed by atoms with Crippen molar-refractivity contribution in [1.82, 2.24) is 0 Å². The number of hydrogen-bond donors (Lipinski definition) is 4. The minimum Gasteiger partial charge on any atom is -0.324 e. The van der Waals surface area contributed by atoms with Crippen molar-refractivity contribution in [1.29, 1.82) is 0 Å². The molecule has 0 bridgehead atoms. The third-order valence-electron chi connectivity index (χ3n) is 9.86. The molecule has 16 heteroatoms. The minimum atomic E-state index is -3.97. The molecule has 0 saturated heterocycles. The number of rotatable bonds is 40. The molecule has 0 radical (unpaired) electrons. The third kappa shape index (κ3) is 31.2. The van der Waals surface area contributed by atoms with Crippen LogP contribution in [0.5, 0.6) is 0 Å². The molecule has 0 spiro atoms. The zero-order valence-corrected chi connectivity index (χ0v) is 44.1. The number of unbranched alkanes of at least 4 members (excludes halogenated alkanes) is 24. The Labute approximate surface area is 389 Å². The molecule has 2 heterocycles. The van der Waals surface area contributed by atoms with E-state index in [-0.39, 0.29) is 12.3 Å². The maximum absolute atomic E-state index is 11.4. The molecule has 2 aliphatic rings. The van der Waals surface area contributed by atoms with E-state index in [4.69, 9.17) is 0 Å². The fourth-order valence-corrected chi connectivity index (χ4v) is 20.0. The SMILES string of the molecule is CCCCCCCCCCCCCCSC1=C(SCCCCCCCCCCCCCC)SC(=C2SC(SCCCCP(=O)(O)O)=C(SCCCCP(=O)(O)O)S2)S1. The van der Waals surface area contributed by atoms with Gasteiger partial charge in [-0.25, -0.2) is 0 Å². The Balaban J connectivity index is 1.90. The van der Waals surface area contributed by atoms with Gasteiger partial charge in [0.2, 0.25) is 0 Å². The molecule has 4 N–H and O–H groups in total. The van der Waals surface area contributed by atoms with E-state index in [0.29, 0.717) is 12.8 Å². The average Bonchev–Trinajstić information content (AvgIpc) is 3.77. The molecule has 0 unspecified atom stereocenters. The van der Waals surface area contributed by atoms with E-state index in [2.05, 4.69) is 37.4 Å². The molecule has 58 heavy (non-hydrogen) atoms. The maximum atomic E-state index is 11.4. The molecule has 6 nitrogen and oxygen atoms in total. The van der Waals surface area contributed by atoms with E-state index in [1.807, 2.05) is 47.0 Å². The Bertz CT molecular complexity index is 1180. The summed E-state index contributed by atoms with van der Waals surface area (Å²) < 4.78 is 30.9. The highest BCUT2D eigenvalue weighted by Crippen LogP contribution is 2.66. The van der Waals surface area contributed by atoms with E-state index in [1.54, 1.807) is 23.5 Å². The molecule has 0 atom stereocenters. The normalized spacial score (nSPS) is 15.3. The highest BCUT2D eigenvalue weighted by molar-refractivity contribution is 8.45. The Hall–Kier alpha value is 2.32. The van der Waals surface area contributed by atoms with Crippen LogP contribution in [0.2, 0.25) is 0 Å². The van der Waals surface area contributed by atoms with Crippen LogP contribution >= 0.6 is 109 Å². The van der Waals surface area contributed by atoms with Gasteiger partial charge in [0.05, 0.1) is 25.4 Å². The van der Waals surface area contributed by atoms with Crippen LogP contribution < -0.4 is 0 Å². The van der Waals surface area contributed by atoms with Crippen molar-refractivity contribution < 1.29 is 28.7 Å². The molecule has 2 aliphatic heterocycles. The van der Waals surface area contributed by atoms with E-state index < -0.39 is 15.2 Å². The Morgan fingerprint density at radius 3 is 0.776 bits per heavy atom. The summed E-state index contributed by atoms with van der Waals surface area (Å²) in [7, 11) is -7.95. The van der Waals surface area contributed by atoms with Crippen molar-refractivity contribution in [2.24, 2.45) is 0 Å². The largest absolute Gasteiger partial charge is 0.325 e. The third-order valence-corrected chi connectivity index (χ3v) is 23.6. The smallest absolute Gasteiger partial charge is 0.324 e. The average molecular weight is 998 g/mol. The van der Waals surface area contributed by atoms with Gasteiger partial charge in [0.1, 0.15) is 0 Å². The second kappa shape index (κ2) is 36.5. The van der Waals surface area contributed by atoms with Crippen LogP contribution in [0.25, 0.3) is 0 Å². The van der Waals surface area contributed by atoms with Crippen molar-refractivity contribution in [2.45, 2.75) is 194 Å². The second-order valence-electron chi connectivity index (χ2n) is 15.5. The first kappa shape index (κ1) is 56.4. The van der Waals surface area contributed by atoms with Crippen LogP contribution in [0.15, 0.2) is 25.4 Å². The van der Waals surface area contributed by atoms with Crippen LogP contribution in [0.3, 0.4) is 0 Å². The summed E-state index contributed by atoms with van der Waals surface area (Å²) in [6.45, 7) is 4.57. The van der Waals surface area contributed by atoms with Crippen LogP contribution in [0.4, 0.5) is 0 Å². The van der Waals surface area contributed by atoms with Gasteiger partial charge in [-0.3, -0.25) is 9.13 Å². The van der Waals surface area contributed by atoms with Crippen molar-refractivity contribution in [3.63, 3.8) is 0 Å². The van der Waals surface area contributed by atoms with E-state index >= 15 is 0 Å². The van der Waals surface area contributed by atoms with Crippen LogP contribution in [-0.4, -0.2) is 54.9 Å². The van der Waals surface area contributed by atoms with Gasteiger partial charge in [-0.2, -0.15) is 0 Å². The van der Waals surface area contributed by atoms with Gasteiger partial charge in [-0.05, 0) is 61.5 Å². The van der Waals surface area contributed by atoms with E-state index in [0.717, 1.165) is 24.3 Å². The Morgan fingerprint density at radius 1 is 0.345 bits per heavy atom. The first-order chi connectivity index (χ1) is 28.0. The molecule has 0 aliphatic carbocycles. The monoisotopic (exact) mass is 996 g/mol. The van der Waals surface area contributed by atoms with Gasteiger partial charge in [-0.15, -0.1) is 47.0 Å². The summed E-state index contributed by atoms with van der Waals surface area (Å²) in [5, 5.41) is 0. The number of hydrogen-bond acceptors (Lipinski definition) is 10. The van der Waals surface area contributed by atoms with Gasteiger partial charge in [0, 0.05) is 12.3 Å². The van der Waals surface area contributed by atoms with Gasteiger partial charge in [0.15, 0.2) is 0 Å². The van der Waals surface area contributed by atoms with Crippen LogP contribution in [0.1, 0.15) is 194 Å². The highest BCUT2D eigenvalue weighted by Gasteiger charge is 2.31. The molecule has 0 fully saturated rings. The number of thioether (sulfide) groups is 8. The van der Waals surface area contributed by atoms with Crippen molar-refractivity contribution in [3.05, 3.63) is 25.4 Å². The molecular weight excluding hydrogens is 919 g/mol. The second-order valence-corrected chi connectivity index (χ2v) is 29.1. The lowest BCUT2D eigenvalue weighted by Gasteiger charge is -2.06.